The van der Waals surface area contributed by atoms with Crippen LogP contribution in [0.2, 0.25) is 0 Å². The van der Waals surface area contributed by atoms with Crippen molar-refractivity contribution in [2.75, 3.05) is 0 Å². The molecule has 0 saturated carbocycles. The molecular weight excluding hydrogens is 220 g/mol. The molecule has 1 nitrogen and oxygen atoms in total. The molecule has 2 aromatic carbocycles. The highest BCUT2D eigenvalue weighted by Crippen LogP contribution is 2.22. The van der Waals surface area contributed by atoms with Gasteiger partial charge in [0, 0.05) is 11.8 Å². The number of para-hydroxylation sites is 1. The summed E-state index contributed by atoms with van der Waals surface area (Å²) in [6.45, 7) is 2.18. The first-order chi connectivity index (χ1) is 8.86. The zero-order valence-electron chi connectivity index (χ0n) is 10.4. The number of furan rings is 1. The Morgan fingerprint density at radius 1 is 1.00 bits per heavy atom. The summed E-state index contributed by atoms with van der Waals surface area (Å²) in [6, 6.07) is 16.9. The fourth-order valence-corrected chi connectivity index (χ4v) is 2.25. The van der Waals surface area contributed by atoms with E-state index in [2.05, 4.69) is 55.7 Å². The van der Waals surface area contributed by atoms with Gasteiger partial charge in [-0.1, -0.05) is 49.4 Å². The monoisotopic (exact) mass is 235 g/mol. The first-order valence-corrected chi connectivity index (χ1v) is 6.32. The van der Waals surface area contributed by atoms with Crippen molar-refractivity contribution < 1.29 is 4.42 Å². The highest BCUT2D eigenvalue weighted by Gasteiger charge is 2.05. The van der Waals surface area contributed by atoms with Crippen LogP contribution < -0.4 is 0 Å². The van der Waals surface area contributed by atoms with Gasteiger partial charge in [-0.3, -0.25) is 0 Å². The lowest BCUT2D eigenvalue weighted by atomic mass is 10.0. The molecule has 0 aliphatic heterocycles. The Bertz CT molecular complexity index is 647. The van der Waals surface area contributed by atoms with Crippen molar-refractivity contribution in [3.05, 3.63) is 71.5 Å². The molecule has 0 amide bonds. The third kappa shape index (κ3) is 2.04. The van der Waals surface area contributed by atoms with Crippen molar-refractivity contribution in [3.63, 3.8) is 0 Å². The average molecular weight is 235 g/mol. The smallest absolute Gasteiger partial charge is 0.170 e. The zero-order valence-corrected chi connectivity index (χ0v) is 10.4. The van der Waals surface area contributed by atoms with Crippen molar-refractivity contribution in [1.29, 1.82) is 0 Å². The predicted octanol–water partition coefficient (Wildman–Crippen LogP) is 4.39. The molecule has 1 radical (unpaired) electrons. The van der Waals surface area contributed by atoms with E-state index in [1.54, 1.807) is 0 Å². The van der Waals surface area contributed by atoms with E-state index in [9.17, 15) is 0 Å². The number of hydrogen-bond acceptors (Lipinski definition) is 1. The summed E-state index contributed by atoms with van der Waals surface area (Å²) in [4.78, 5) is 0. The summed E-state index contributed by atoms with van der Waals surface area (Å²) in [5.41, 5.74) is 4.87. The number of aryl methyl sites for hydroxylation is 1. The Hall–Kier alpha value is -2.02. The molecule has 1 aromatic heterocycles. The van der Waals surface area contributed by atoms with Gasteiger partial charge in [-0.25, -0.2) is 0 Å². The molecule has 0 bridgehead atoms. The van der Waals surface area contributed by atoms with Crippen LogP contribution in [0.1, 0.15) is 23.6 Å². The molecule has 0 fully saturated rings. The molecule has 0 aliphatic rings. The van der Waals surface area contributed by atoms with Crippen LogP contribution >= 0.6 is 0 Å². The number of rotatable bonds is 3. The SMILES string of the molecule is CCc1ccc(Cc2cccc3c[c]oc23)cc1. The van der Waals surface area contributed by atoms with Gasteiger partial charge in [-0.2, -0.15) is 0 Å². The second kappa shape index (κ2) is 4.69. The largest absolute Gasteiger partial charge is 0.452 e. The molecule has 89 valence electrons. The van der Waals surface area contributed by atoms with E-state index in [0.29, 0.717) is 0 Å². The average Bonchev–Trinajstić information content (AvgIpc) is 2.89. The van der Waals surface area contributed by atoms with Gasteiger partial charge in [0.2, 0.25) is 0 Å². The molecule has 0 saturated heterocycles. The minimum absolute atomic E-state index is 0.905. The summed E-state index contributed by atoms with van der Waals surface area (Å²) in [6.07, 6.45) is 4.80. The van der Waals surface area contributed by atoms with Crippen LogP contribution in [0, 0.1) is 6.26 Å². The van der Waals surface area contributed by atoms with Crippen molar-refractivity contribution >= 4 is 11.0 Å². The number of fused-ring (bicyclic) bond motifs is 1. The Balaban J connectivity index is 1.93. The Labute approximate surface area is 107 Å². The van der Waals surface area contributed by atoms with Gasteiger partial charge in [-0.15, -0.1) is 0 Å². The van der Waals surface area contributed by atoms with Crippen LogP contribution in [0.4, 0.5) is 0 Å². The summed E-state index contributed by atoms with van der Waals surface area (Å²) in [5, 5.41) is 1.12. The summed E-state index contributed by atoms with van der Waals surface area (Å²) >= 11 is 0. The highest BCUT2D eigenvalue weighted by molar-refractivity contribution is 5.80. The van der Waals surface area contributed by atoms with E-state index in [0.717, 1.165) is 23.8 Å². The van der Waals surface area contributed by atoms with Crippen LogP contribution in [0.25, 0.3) is 11.0 Å². The first-order valence-electron chi connectivity index (χ1n) is 6.32. The van der Waals surface area contributed by atoms with E-state index >= 15 is 0 Å². The lowest BCUT2D eigenvalue weighted by Crippen LogP contribution is -1.89. The maximum Gasteiger partial charge on any atom is 0.170 e. The number of hydrogen-bond donors (Lipinski definition) is 0. The van der Waals surface area contributed by atoms with Gasteiger partial charge in [0.1, 0.15) is 5.58 Å². The number of benzene rings is 2. The molecule has 1 heteroatoms. The minimum atomic E-state index is 0.905. The van der Waals surface area contributed by atoms with Crippen molar-refractivity contribution in [2.45, 2.75) is 19.8 Å². The maximum atomic E-state index is 5.44. The van der Waals surface area contributed by atoms with E-state index in [1.165, 1.54) is 16.7 Å². The highest BCUT2D eigenvalue weighted by atomic mass is 16.3. The third-order valence-electron chi connectivity index (χ3n) is 3.33. The van der Waals surface area contributed by atoms with Gasteiger partial charge >= 0.3 is 0 Å². The van der Waals surface area contributed by atoms with Crippen LogP contribution in [-0.2, 0) is 12.8 Å². The summed E-state index contributed by atoms with van der Waals surface area (Å²) < 4.78 is 5.44. The molecule has 3 rings (SSSR count). The van der Waals surface area contributed by atoms with Gasteiger partial charge < -0.3 is 4.42 Å². The van der Waals surface area contributed by atoms with Gasteiger partial charge in [0.15, 0.2) is 6.26 Å². The van der Waals surface area contributed by atoms with E-state index in [-0.39, 0.29) is 0 Å². The van der Waals surface area contributed by atoms with E-state index < -0.39 is 0 Å². The first kappa shape index (κ1) is 11.1. The molecule has 1 heterocycles. The zero-order chi connectivity index (χ0) is 12.4. The molecule has 18 heavy (non-hydrogen) atoms. The lowest BCUT2D eigenvalue weighted by molar-refractivity contribution is 0.602. The molecule has 0 aliphatic carbocycles. The Morgan fingerprint density at radius 3 is 2.56 bits per heavy atom. The molecule has 0 spiro atoms. The summed E-state index contributed by atoms with van der Waals surface area (Å²) in [7, 11) is 0. The quantitative estimate of drug-likeness (QED) is 0.656. The van der Waals surface area contributed by atoms with Crippen LogP contribution in [0.5, 0.6) is 0 Å². The van der Waals surface area contributed by atoms with Gasteiger partial charge in [-0.05, 0) is 29.2 Å². The Kier molecular flexibility index (Phi) is 2.89. The lowest BCUT2D eigenvalue weighted by Gasteiger charge is -2.04. The van der Waals surface area contributed by atoms with Crippen molar-refractivity contribution in [2.24, 2.45) is 0 Å². The standard InChI is InChI=1S/C17H15O/c1-2-13-6-8-14(9-7-13)12-16-5-3-4-15-10-11-18-17(15)16/h3-10H,2,12H2,1H3. The molecule has 0 unspecified atom stereocenters. The normalized spacial score (nSPS) is 10.9. The second-order valence-electron chi connectivity index (χ2n) is 4.55. The summed E-state index contributed by atoms with van der Waals surface area (Å²) in [5.74, 6) is 0. The third-order valence-corrected chi connectivity index (χ3v) is 3.33. The second-order valence-corrected chi connectivity index (χ2v) is 4.55. The van der Waals surface area contributed by atoms with Crippen LogP contribution in [-0.4, -0.2) is 0 Å². The molecule has 3 aromatic rings. The fourth-order valence-electron chi connectivity index (χ4n) is 2.25. The molecule has 0 atom stereocenters. The fraction of sp³-hybridized carbons (Fsp3) is 0.176. The van der Waals surface area contributed by atoms with Gasteiger partial charge in [0.25, 0.3) is 0 Å². The topological polar surface area (TPSA) is 13.1 Å². The van der Waals surface area contributed by atoms with E-state index in [4.69, 9.17) is 4.42 Å². The minimum Gasteiger partial charge on any atom is -0.452 e. The van der Waals surface area contributed by atoms with Crippen LogP contribution in [0.15, 0.2) is 52.9 Å². The van der Waals surface area contributed by atoms with Crippen molar-refractivity contribution in [1.82, 2.24) is 0 Å². The Morgan fingerprint density at radius 2 is 1.78 bits per heavy atom. The maximum absolute atomic E-state index is 5.44. The molecular formula is C17H15O. The van der Waals surface area contributed by atoms with Crippen molar-refractivity contribution in [3.8, 4) is 0 Å². The molecule has 0 N–H and O–H groups in total. The predicted molar refractivity (Wildman–Crippen MR) is 73.7 cm³/mol. The van der Waals surface area contributed by atoms with Crippen LogP contribution in [0.3, 0.4) is 0 Å². The van der Waals surface area contributed by atoms with E-state index in [1.807, 2.05) is 6.07 Å². The van der Waals surface area contributed by atoms with Gasteiger partial charge in [0.05, 0.1) is 0 Å².